The van der Waals surface area contributed by atoms with E-state index in [1.807, 2.05) is 6.07 Å². The second kappa shape index (κ2) is 8.53. The first-order valence-electron chi connectivity index (χ1n) is 10.1. The van der Waals surface area contributed by atoms with Gasteiger partial charge in [0.15, 0.2) is 0 Å². The molecule has 0 saturated heterocycles. The molecule has 0 spiro atoms. The highest BCUT2D eigenvalue weighted by Gasteiger charge is 2.48. The van der Waals surface area contributed by atoms with Crippen LogP contribution in [0.15, 0.2) is 47.4 Å². The molecule has 1 aromatic carbocycles. The van der Waals surface area contributed by atoms with Gasteiger partial charge in [-0.1, -0.05) is 30.4 Å². The van der Waals surface area contributed by atoms with Gasteiger partial charge in [0.1, 0.15) is 5.82 Å². The number of fused-ring (bicyclic) bond motifs is 2. The third-order valence-corrected chi connectivity index (χ3v) is 7.66. The van der Waals surface area contributed by atoms with Crippen molar-refractivity contribution in [2.75, 3.05) is 0 Å². The van der Waals surface area contributed by atoms with Gasteiger partial charge in [0, 0.05) is 12.5 Å². The normalized spacial score (nSPS) is 27.0. The predicted octanol–water partition coefficient (Wildman–Crippen LogP) is 2.86. The van der Waals surface area contributed by atoms with E-state index < -0.39 is 10.0 Å². The molecule has 150 valence electrons. The van der Waals surface area contributed by atoms with Crippen molar-refractivity contribution in [3.8, 4) is 0 Å². The highest BCUT2D eigenvalue weighted by molar-refractivity contribution is 7.89. The first kappa shape index (κ1) is 19.3. The molecule has 2 N–H and O–H groups in total. The zero-order chi connectivity index (χ0) is 19.4. The largest absolute Gasteiger partial charge is 0.243 e. The summed E-state index contributed by atoms with van der Waals surface area (Å²) in [6.07, 6.45) is 11.7. The van der Waals surface area contributed by atoms with E-state index in [2.05, 4.69) is 37.5 Å². The number of hydrogen-bond donors (Lipinski definition) is 2. The van der Waals surface area contributed by atoms with Crippen molar-refractivity contribution < 1.29 is 8.42 Å². The molecule has 2 aliphatic carbocycles. The van der Waals surface area contributed by atoms with Gasteiger partial charge >= 0.3 is 0 Å². The minimum absolute atomic E-state index is 0.0499. The smallest absolute Gasteiger partial charge is 0.240 e. The van der Waals surface area contributed by atoms with Gasteiger partial charge in [-0.05, 0) is 78.8 Å². The number of benzene rings is 1. The fourth-order valence-electron chi connectivity index (χ4n) is 4.82. The fraction of sp³-hybridized carbons (Fsp3) is 0.550. The van der Waals surface area contributed by atoms with Gasteiger partial charge in [-0.15, -0.1) is 5.10 Å². The van der Waals surface area contributed by atoms with E-state index >= 15 is 0 Å². The SMILES string of the molecule is O=S(=O)(NC1C2CCC(C2)C1C/C=C\CCCc1nnn[nH]1)c1ccccc1. The first-order valence-corrected chi connectivity index (χ1v) is 11.6. The molecule has 28 heavy (non-hydrogen) atoms. The van der Waals surface area contributed by atoms with Crippen LogP contribution in [0.3, 0.4) is 0 Å². The van der Waals surface area contributed by atoms with Crippen molar-refractivity contribution in [2.24, 2.45) is 17.8 Å². The number of rotatable bonds is 9. The molecule has 2 saturated carbocycles. The average molecular weight is 402 g/mol. The number of unbranched alkanes of at least 4 members (excludes halogenated alkanes) is 1. The second-order valence-corrected chi connectivity index (χ2v) is 9.62. The lowest BCUT2D eigenvalue weighted by Gasteiger charge is -2.31. The van der Waals surface area contributed by atoms with Crippen molar-refractivity contribution in [1.82, 2.24) is 25.3 Å². The Morgan fingerprint density at radius 3 is 2.75 bits per heavy atom. The van der Waals surface area contributed by atoms with Crippen LogP contribution in [0.1, 0.15) is 44.3 Å². The molecular weight excluding hydrogens is 374 g/mol. The van der Waals surface area contributed by atoms with Gasteiger partial charge in [0.05, 0.1) is 4.90 Å². The minimum atomic E-state index is -3.46. The molecule has 0 amide bonds. The average Bonchev–Trinajstić information content (AvgIpc) is 3.44. The van der Waals surface area contributed by atoms with Crippen LogP contribution in [0.2, 0.25) is 0 Å². The first-order chi connectivity index (χ1) is 13.6. The third kappa shape index (κ3) is 4.33. The topological polar surface area (TPSA) is 101 Å². The second-order valence-electron chi connectivity index (χ2n) is 7.90. The number of nitrogens with one attached hydrogen (secondary N) is 2. The number of hydrogen-bond acceptors (Lipinski definition) is 5. The maximum Gasteiger partial charge on any atom is 0.240 e. The number of allylic oxidation sites excluding steroid dienone is 2. The summed E-state index contributed by atoms with van der Waals surface area (Å²) in [6.45, 7) is 0. The lowest BCUT2D eigenvalue weighted by molar-refractivity contribution is 0.274. The number of tetrazole rings is 1. The van der Waals surface area contributed by atoms with E-state index in [-0.39, 0.29) is 6.04 Å². The van der Waals surface area contributed by atoms with E-state index in [1.165, 1.54) is 6.42 Å². The van der Waals surface area contributed by atoms with Crippen LogP contribution in [-0.4, -0.2) is 35.1 Å². The zero-order valence-corrected chi connectivity index (χ0v) is 16.7. The lowest BCUT2D eigenvalue weighted by Crippen LogP contribution is -2.43. The number of aromatic amines is 1. The summed E-state index contributed by atoms with van der Waals surface area (Å²) in [5.74, 6) is 2.32. The maximum atomic E-state index is 12.8. The van der Waals surface area contributed by atoms with Crippen LogP contribution >= 0.6 is 0 Å². The lowest BCUT2D eigenvalue weighted by atomic mass is 9.83. The van der Waals surface area contributed by atoms with Crippen LogP contribution in [0.5, 0.6) is 0 Å². The summed E-state index contributed by atoms with van der Waals surface area (Å²) in [7, 11) is -3.46. The maximum absolute atomic E-state index is 12.8. The van der Waals surface area contributed by atoms with Crippen LogP contribution in [0, 0.1) is 17.8 Å². The molecule has 4 rings (SSSR count). The van der Waals surface area contributed by atoms with E-state index in [0.717, 1.165) is 44.3 Å². The number of H-pyrrole nitrogens is 1. The Bertz CT molecular complexity index is 883. The molecule has 2 bridgehead atoms. The Kier molecular flexibility index (Phi) is 5.87. The highest BCUT2D eigenvalue weighted by Crippen LogP contribution is 2.50. The van der Waals surface area contributed by atoms with Crippen LogP contribution in [-0.2, 0) is 16.4 Å². The predicted molar refractivity (Wildman–Crippen MR) is 106 cm³/mol. The Balaban J connectivity index is 1.33. The summed E-state index contributed by atoms with van der Waals surface area (Å²) in [5, 5.41) is 13.8. The van der Waals surface area contributed by atoms with Crippen molar-refractivity contribution >= 4 is 10.0 Å². The summed E-state index contributed by atoms with van der Waals surface area (Å²) in [5.41, 5.74) is 0. The van der Waals surface area contributed by atoms with Gasteiger partial charge in [-0.25, -0.2) is 18.2 Å². The Hall–Kier alpha value is -2.06. The van der Waals surface area contributed by atoms with E-state index in [1.54, 1.807) is 24.3 Å². The summed E-state index contributed by atoms with van der Waals surface area (Å²) < 4.78 is 28.6. The molecule has 2 fully saturated rings. The summed E-state index contributed by atoms with van der Waals surface area (Å²) in [6, 6.07) is 8.75. The monoisotopic (exact) mass is 401 g/mol. The zero-order valence-electron chi connectivity index (χ0n) is 15.9. The van der Waals surface area contributed by atoms with Crippen molar-refractivity contribution in [3.05, 3.63) is 48.3 Å². The fourth-order valence-corrected chi connectivity index (χ4v) is 6.20. The van der Waals surface area contributed by atoms with Gasteiger partial charge in [-0.2, -0.15) is 0 Å². The molecule has 1 aromatic heterocycles. The molecule has 0 aliphatic heterocycles. The van der Waals surface area contributed by atoms with Crippen LogP contribution in [0.4, 0.5) is 0 Å². The molecule has 0 radical (unpaired) electrons. The van der Waals surface area contributed by atoms with E-state index in [9.17, 15) is 8.42 Å². The molecule has 4 unspecified atom stereocenters. The minimum Gasteiger partial charge on any atom is -0.243 e. The molecule has 1 heterocycles. The number of aryl methyl sites for hydroxylation is 1. The van der Waals surface area contributed by atoms with Crippen molar-refractivity contribution in [3.63, 3.8) is 0 Å². The number of aromatic nitrogens is 4. The number of nitrogens with zero attached hydrogens (tertiary/aromatic N) is 3. The molecule has 8 heteroatoms. The van der Waals surface area contributed by atoms with Gasteiger partial charge in [0.2, 0.25) is 10.0 Å². The summed E-state index contributed by atoms with van der Waals surface area (Å²) >= 11 is 0. The molecule has 2 aliphatic rings. The highest BCUT2D eigenvalue weighted by atomic mass is 32.2. The van der Waals surface area contributed by atoms with Crippen molar-refractivity contribution in [2.45, 2.75) is 55.9 Å². The van der Waals surface area contributed by atoms with Crippen LogP contribution in [0.25, 0.3) is 0 Å². The quantitative estimate of drug-likeness (QED) is 0.497. The number of sulfonamides is 1. The standard InChI is InChI=1S/C20H27N5O2S/c26-28(27,17-8-4-3-5-9-17)23-20-16-13-12-15(14-16)18(20)10-6-1-2-7-11-19-21-24-25-22-19/h1,3-6,8-9,15-16,18,20,23H,2,7,10-14H2,(H,21,22,24,25)/b6-1-. The van der Waals surface area contributed by atoms with Crippen LogP contribution < -0.4 is 4.72 Å². The molecule has 2 aromatic rings. The Morgan fingerprint density at radius 1 is 1.14 bits per heavy atom. The van der Waals surface area contributed by atoms with Crippen molar-refractivity contribution in [1.29, 1.82) is 0 Å². The Morgan fingerprint density at radius 2 is 1.96 bits per heavy atom. The molecular formula is C20H27N5O2S. The van der Waals surface area contributed by atoms with Gasteiger partial charge in [-0.3, -0.25) is 0 Å². The van der Waals surface area contributed by atoms with E-state index in [4.69, 9.17) is 0 Å². The van der Waals surface area contributed by atoms with Gasteiger partial charge in [0.25, 0.3) is 0 Å². The third-order valence-electron chi connectivity index (χ3n) is 6.18. The molecule has 7 nitrogen and oxygen atoms in total. The van der Waals surface area contributed by atoms with E-state index in [0.29, 0.717) is 22.6 Å². The Labute approximate surface area is 166 Å². The molecule has 4 atom stereocenters. The van der Waals surface area contributed by atoms with Gasteiger partial charge < -0.3 is 0 Å². The summed E-state index contributed by atoms with van der Waals surface area (Å²) in [4.78, 5) is 0.356.